The number of hydrogen-bond acceptors (Lipinski definition) is 6. The van der Waals surface area contributed by atoms with Crippen molar-refractivity contribution in [3.63, 3.8) is 0 Å². The summed E-state index contributed by atoms with van der Waals surface area (Å²) in [6.07, 6.45) is 2.96. The van der Waals surface area contributed by atoms with Gasteiger partial charge in [-0.15, -0.1) is 10.2 Å². The summed E-state index contributed by atoms with van der Waals surface area (Å²) in [5.41, 5.74) is 0.823. The second-order valence-electron chi connectivity index (χ2n) is 6.03. The van der Waals surface area contributed by atoms with Gasteiger partial charge in [0.2, 0.25) is 0 Å². The summed E-state index contributed by atoms with van der Waals surface area (Å²) in [7, 11) is 3.03. The first kappa shape index (κ1) is 17.5. The van der Waals surface area contributed by atoms with Gasteiger partial charge in [0.25, 0.3) is 5.91 Å². The van der Waals surface area contributed by atoms with E-state index < -0.39 is 11.7 Å². The fourth-order valence-electron chi connectivity index (χ4n) is 2.81. The predicted octanol–water partition coefficient (Wildman–Crippen LogP) is 3.53. The van der Waals surface area contributed by atoms with E-state index in [1.165, 1.54) is 48.3 Å². The molecule has 0 saturated heterocycles. The molecule has 0 N–H and O–H groups in total. The smallest absolute Gasteiger partial charge is 0.279 e. The van der Waals surface area contributed by atoms with E-state index in [0.29, 0.717) is 11.3 Å². The molecule has 3 heterocycles. The largest absolute Gasteiger partial charge is 0.330 e. The van der Waals surface area contributed by atoms with E-state index in [1.54, 1.807) is 24.4 Å². The quantitative estimate of drug-likeness (QED) is 0.650. The predicted molar refractivity (Wildman–Crippen MR) is 99.0 cm³/mol. The highest BCUT2D eigenvalue weighted by Gasteiger charge is 2.37. The molecule has 3 aromatic rings. The maximum Gasteiger partial charge on any atom is 0.330 e. The van der Waals surface area contributed by atoms with Crippen molar-refractivity contribution in [2.75, 3.05) is 23.9 Å². The molecule has 28 heavy (non-hydrogen) atoms. The van der Waals surface area contributed by atoms with Gasteiger partial charge in [-0.1, -0.05) is 6.07 Å². The molecular weight excluding hydrogens is 365 g/mol. The Morgan fingerprint density at radius 1 is 1.11 bits per heavy atom. The number of azo groups is 1. The number of anilines is 2. The number of halogens is 1. The van der Waals surface area contributed by atoms with Gasteiger partial charge in [0, 0.05) is 32.6 Å². The van der Waals surface area contributed by atoms with Gasteiger partial charge in [-0.3, -0.25) is 19.6 Å². The molecule has 2 amide bonds. The molecule has 2 bridgehead atoms. The number of fused-ring (bicyclic) bond motifs is 2. The third-order valence-corrected chi connectivity index (χ3v) is 4.20. The van der Waals surface area contributed by atoms with Gasteiger partial charge >= 0.3 is 6.03 Å². The molecular formula is C18H14FN7O2. The summed E-state index contributed by atoms with van der Waals surface area (Å²) < 4.78 is 14.5. The summed E-state index contributed by atoms with van der Waals surface area (Å²) in [4.78, 5) is 31.8. The molecule has 1 aliphatic rings. The second kappa shape index (κ2) is 6.65. The molecule has 1 aromatic carbocycles. The van der Waals surface area contributed by atoms with Gasteiger partial charge in [-0.05, 0) is 24.3 Å². The average molecular weight is 379 g/mol. The van der Waals surface area contributed by atoms with Crippen LogP contribution in [0.4, 0.5) is 32.2 Å². The molecule has 0 atom stereocenters. The van der Waals surface area contributed by atoms with E-state index in [-0.39, 0.29) is 23.4 Å². The number of carbonyl (C=O) groups excluding carboxylic acids is 2. The molecule has 0 fully saturated rings. The molecule has 0 aliphatic carbocycles. The zero-order valence-electron chi connectivity index (χ0n) is 14.9. The molecule has 2 aromatic heterocycles. The molecule has 0 spiro atoms. The normalized spacial score (nSPS) is 13.5. The van der Waals surface area contributed by atoms with Crippen molar-refractivity contribution in [1.82, 2.24) is 14.8 Å². The number of urea groups is 1. The number of pyridine rings is 1. The van der Waals surface area contributed by atoms with Crippen LogP contribution in [0.15, 0.2) is 59.0 Å². The van der Waals surface area contributed by atoms with E-state index in [0.717, 1.165) is 4.68 Å². The Morgan fingerprint density at radius 3 is 2.64 bits per heavy atom. The minimum absolute atomic E-state index is 0.173. The van der Waals surface area contributed by atoms with Crippen LogP contribution in [0, 0.1) is 5.82 Å². The highest BCUT2D eigenvalue weighted by Crippen LogP contribution is 2.43. The van der Waals surface area contributed by atoms with Gasteiger partial charge in [-0.25, -0.2) is 9.18 Å². The van der Waals surface area contributed by atoms with Gasteiger partial charge < -0.3 is 0 Å². The number of carbonyl (C=O) groups is 2. The van der Waals surface area contributed by atoms with Crippen LogP contribution in [-0.4, -0.2) is 40.8 Å². The molecule has 4 rings (SSSR count). The Labute approximate surface area is 158 Å². The van der Waals surface area contributed by atoms with Crippen molar-refractivity contribution in [3.8, 4) is 0 Å². The summed E-state index contributed by atoms with van der Waals surface area (Å²) in [5.74, 6) is -0.565. The van der Waals surface area contributed by atoms with Gasteiger partial charge in [-0.2, -0.15) is 9.80 Å². The van der Waals surface area contributed by atoms with Crippen molar-refractivity contribution in [1.29, 1.82) is 0 Å². The van der Waals surface area contributed by atoms with Crippen LogP contribution < -0.4 is 9.80 Å². The van der Waals surface area contributed by atoms with E-state index in [4.69, 9.17) is 0 Å². The van der Waals surface area contributed by atoms with Crippen LogP contribution in [0.25, 0.3) is 0 Å². The Kier molecular flexibility index (Phi) is 4.15. The van der Waals surface area contributed by atoms with Crippen LogP contribution >= 0.6 is 0 Å². The van der Waals surface area contributed by atoms with Crippen molar-refractivity contribution < 1.29 is 14.0 Å². The average Bonchev–Trinajstić information content (AvgIpc) is 3.05. The lowest BCUT2D eigenvalue weighted by atomic mass is 10.2. The first-order valence-electron chi connectivity index (χ1n) is 8.24. The highest BCUT2D eigenvalue weighted by molar-refractivity contribution is 6.13. The number of nitrogens with zero attached hydrogens (tertiary/aromatic N) is 7. The lowest BCUT2D eigenvalue weighted by Crippen LogP contribution is -2.41. The summed E-state index contributed by atoms with van der Waals surface area (Å²) in [6.45, 7) is 0. The van der Waals surface area contributed by atoms with Crippen molar-refractivity contribution in [2.24, 2.45) is 10.2 Å². The SMILES string of the molecule is CN1C(=O)N(C)c2c(N=Nc3cccc(F)c3)c1nn2C(=O)c1cccnc1. The monoisotopic (exact) mass is 379 g/mol. The van der Waals surface area contributed by atoms with E-state index >= 15 is 0 Å². The minimum atomic E-state index is -0.466. The summed E-state index contributed by atoms with van der Waals surface area (Å²) in [5, 5.41) is 12.4. The van der Waals surface area contributed by atoms with E-state index in [2.05, 4.69) is 20.3 Å². The first-order valence-corrected chi connectivity index (χ1v) is 8.24. The van der Waals surface area contributed by atoms with Gasteiger partial charge in [0.15, 0.2) is 17.3 Å². The fraction of sp³-hybridized carbons (Fsp3) is 0.111. The second-order valence-corrected chi connectivity index (χ2v) is 6.03. The van der Waals surface area contributed by atoms with Crippen LogP contribution in [-0.2, 0) is 0 Å². The van der Waals surface area contributed by atoms with Crippen LogP contribution in [0.5, 0.6) is 0 Å². The Bertz CT molecular complexity index is 1110. The third-order valence-electron chi connectivity index (χ3n) is 4.20. The number of aromatic nitrogens is 3. The fourth-order valence-corrected chi connectivity index (χ4v) is 2.81. The lowest BCUT2D eigenvalue weighted by Gasteiger charge is -2.26. The number of hydrogen-bond donors (Lipinski definition) is 0. The van der Waals surface area contributed by atoms with Crippen LogP contribution in [0.1, 0.15) is 10.4 Å². The molecule has 140 valence electrons. The van der Waals surface area contributed by atoms with Gasteiger partial charge in [0.05, 0.1) is 11.3 Å². The zero-order chi connectivity index (χ0) is 19.8. The van der Waals surface area contributed by atoms with Gasteiger partial charge in [0.1, 0.15) is 5.82 Å². The third kappa shape index (κ3) is 2.80. The first-order chi connectivity index (χ1) is 13.5. The van der Waals surface area contributed by atoms with Crippen LogP contribution in [0.3, 0.4) is 0 Å². The van der Waals surface area contributed by atoms with Crippen LogP contribution in [0.2, 0.25) is 0 Å². The molecule has 10 heteroatoms. The summed E-state index contributed by atoms with van der Waals surface area (Å²) in [6, 6.07) is 8.46. The van der Waals surface area contributed by atoms with Crippen molar-refractivity contribution >= 4 is 34.9 Å². The van der Waals surface area contributed by atoms with E-state index in [9.17, 15) is 14.0 Å². The lowest BCUT2D eigenvalue weighted by molar-refractivity contribution is 0.0947. The molecule has 0 saturated carbocycles. The van der Waals surface area contributed by atoms with Crippen molar-refractivity contribution in [3.05, 3.63) is 60.2 Å². The topological polar surface area (TPSA) is 96.0 Å². The molecule has 0 radical (unpaired) electrons. The van der Waals surface area contributed by atoms with E-state index in [1.807, 2.05) is 0 Å². The number of amides is 2. The minimum Gasteiger partial charge on any atom is -0.279 e. The number of benzene rings is 1. The maximum atomic E-state index is 13.4. The Morgan fingerprint density at radius 2 is 1.93 bits per heavy atom. The summed E-state index contributed by atoms with van der Waals surface area (Å²) >= 11 is 0. The van der Waals surface area contributed by atoms with Crippen molar-refractivity contribution in [2.45, 2.75) is 0 Å². The number of rotatable bonds is 3. The molecule has 0 unspecified atom stereocenters. The highest BCUT2D eigenvalue weighted by atomic mass is 19.1. The Balaban J connectivity index is 1.83. The Hall–Kier alpha value is -3.95. The standard InChI is InChI=1S/C18H14FN7O2/c1-24-15-14(22-21-13-7-3-6-12(19)9-13)16(25(2)18(24)28)26(23-15)17(27)11-5-4-8-20-10-11/h3-10H,1-2H3. The molecule has 1 aliphatic heterocycles. The molecule has 9 nitrogen and oxygen atoms in total. The maximum absolute atomic E-state index is 13.4. The zero-order valence-corrected chi connectivity index (χ0v) is 14.9.